The Kier molecular flexibility index (Phi) is 5.47. The largest absolute Gasteiger partial charge is 0.470 e. The summed E-state index contributed by atoms with van der Waals surface area (Å²) in [5.41, 5.74) is 2.11. The Balaban J connectivity index is 1.67. The van der Waals surface area contributed by atoms with E-state index in [1.165, 1.54) is 12.1 Å². The monoisotopic (exact) mass is 457 g/mol. The lowest BCUT2D eigenvalue weighted by atomic mass is 10.2. The number of hydrogen-bond donors (Lipinski definition) is 2. The van der Waals surface area contributed by atoms with Gasteiger partial charge in [-0.05, 0) is 68.5 Å². The molecule has 31 heavy (non-hydrogen) atoms. The van der Waals surface area contributed by atoms with Gasteiger partial charge >= 0.3 is 0 Å². The lowest BCUT2D eigenvalue weighted by molar-refractivity contribution is 0.194. The van der Waals surface area contributed by atoms with Crippen LogP contribution in [0.15, 0.2) is 35.2 Å². The summed E-state index contributed by atoms with van der Waals surface area (Å²) in [5, 5.41) is 8.58. The number of nitrogens with two attached hydrogens (primary N) is 1. The molecule has 0 unspecified atom stereocenters. The highest BCUT2D eigenvalue weighted by Gasteiger charge is 2.41. The van der Waals surface area contributed by atoms with Gasteiger partial charge in [0.05, 0.1) is 10.4 Å². The molecule has 0 bridgehead atoms. The first kappa shape index (κ1) is 21.3. The van der Waals surface area contributed by atoms with Crippen molar-refractivity contribution in [2.45, 2.75) is 43.7 Å². The summed E-state index contributed by atoms with van der Waals surface area (Å²) in [5.74, 6) is 6.46. The normalized spacial score (nSPS) is 14.6. The number of rotatable bonds is 6. The second-order valence-electron chi connectivity index (χ2n) is 7.54. The second kappa shape index (κ2) is 7.96. The van der Waals surface area contributed by atoms with Gasteiger partial charge in [0, 0.05) is 11.6 Å². The van der Waals surface area contributed by atoms with Gasteiger partial charge < -0.3 is 10.1 Å². The Morgan fingerprint density at radius 3 is 2.68 bits per heavy atom. The standard InChI is InChI=1S/C21H20ClN5O3S/c1-3-4-15-5-6-17-18(25-15)19(30-21(2)7-8-21)27-20(26-17)24-12-13-9-14(22)11-16(10-13)31(23,28)29/h5-6,9-11H,7-8,12H2,1-2H3,(H2,23,28,29)(H,24,26,27). The number of nitrogens with zero attached hydrogens (tertiary/aromatic N) is 3. The van der Waals surface area contributed by atoms with E-state index >= 15 is 0 Å². The molecule has 0 atom stereocenters. The van der Waals surface area contributed by atoms with Crippen LogP contribution in [0.25, 0.3) is 11.0 Å². The number of ether oxygens (including phenoxy) is 1. The van der Waals surface area contributed by atoms with Crippen molar-refractivity contribution in [3.63, 3.8) is 0 Å². The molecule has 0 spiro atoms. The minimum absolute atomic E-state index is 0.0596. The van der Waals surface area contributed by atoms with Gasteiger partial charge in [0.25, 0.3) is 0 Å². The van der Waals surface area contributed by atoms with Crippen LogP contribution >= 0.6 is 11.6 Å². The smallest absolute Gasteiger partial charge is 0.246 e. The predicted octanol–water partition coefficient (Wildman–Crippen LogP) is 3.24. The zero-order chi connectivity index (χ0) is 22.2. The minimum Gasteiger partial charge on any atom is -0.470 e. The fourth-order valence-corrected chi connectivity index (χ4v) is 3.84. The molecule has 2 aromatic heterocycles. The number of halogens is 1. The summed E-state index contributed by atoms with van der Waals surface area (Å²) >= 11 is 6.04. The van der Waals surface area contributed by atoms with Crippen LogP contribution in [0.3, 0.4) is 0 Å². The van der Waals surface area contributed by atoms with Crippen LogP contribution < -0.4 is 15.2 Å². The molecule has 0 aliphatic heterocycles. The second-order valence-corrected chi connectivity index (χ2v) is 9.54. The molecule has 160 valence electrons. The molecule has 0 radical (unpaired) electrons. The Hall–Kier alpha value is -2.93. The van der Waals surface area contributed by atoms with E-state index in [0.717, 1.165) is 12.8 Å². The fourth-order valence-electron chi connectivity index (χ4n) is 2.92. The molecule has 0 saturated heterocycles. The zero-order valence-corrected chi connectivity index (χ0v) is 18.5. The Morgan fingerprint density at radius 2 is 2.00 bits per heavy atom. The molecular formula is C21H20ClN5O3S. The Bertz CT molecular complexity index is 1340. The van der Waals surface area contributed by atoms with E-state index in [1.807, 2.05) is 13.0 Å². The number of aromatic nitrogens is 3. The molecule has 1 fully saturated rings. The van der Waals surface area contributed by atoms with E-state index in [9.17, 15) is 8.42 Å². The lowest BCUT2D eigenvalue weighted by Gasteiger charge is -2.15. The van der Waals surface area contributed by atoms with Crippen molar-refractivity contribution < 1.29 is 13.2 Å². The van der Waals surface area contributed by atoms with Crippen molar-refractivity contribution in [3.8, 4) is 17.7 Å². The van der Waals surface area contributed by atoms with Crippen molar-refractivity contribution in [1.82, 2.24) is 15.0 Å². The zero-order valence-electron chi connectivity index (χ0n) is 16.9. The van der Waals surface area contributed by atoms with Gasteiger partial charge in [-0.1, -0.05) is 17.5 Å². The maximum absolute atomic E-state index is 11.7. The maximum atomic E-state index is 11.7. The molecule has 4 rings (SSSR count). The molecule has 1 aliphatic rings. The molecule has 1 aromatic carbocycles. The van der Waals surface area contributed by atoms with Crippen molar-refractivity contribution in [1.29, 1.82) is 0 Å². The van der Waals surface area contributed by atoms with Gasteiger partial charge in [0.1, 0.15) is 11.3 Å². The molecule has 8 nitrogen and oxygen atoms in total. The number of anilines is 1. The summed E-state index contributed by atoms with van der Waals surface area (Å²) in [7, 11) is -3.87. The summed E-state index contributed by atoms with van der Waals surface area (Å²) < 4.78 is 29.4. The van der Waals surface area contributed by atoms with Gasteiger partial charge in [-0.15, -0.1) is 0 Å². The van der Waals surface area contributed by atoms with Gasteiger partial charge in [-0.3, -0.25) is 0 Å². The first-order chi connectivity index (χ1) is 14.6. The minimum atomic E-state index is -3.87. The third kappa shape index (κ3) is 5.05. The first-order valence-corrected chi connectivity index (χ1v) is 11.4. The third-order valence-electron chi connectivity index (χ3n) is 4.77. The van der Waals surface area contributed by atoms with Crippen LogP contribution in [0.1, 0.15) is 37.9 Å². The van der Waals surface area contributed by atoms with Gasteiger partial charge in [0.2, 0.25) is 21.9 Å². The summed E-state index contributed by atoms with van der Waals surface area (Å²) in [6.07, 6.45) is 1.88. The first-order valence-electron chi connectivity index (χ1n) is 9.52. The number of benzene rings is 1. The summed E-state index contributed by atoms with van der Waals surface area (Å²) in [6, 6.07) is 8.00. The summed E-state index contributed by atoms with van der Waals surface area (Å²) in [4.78, 5) is 13.5. The van der Waals surface area contributed by atoms with Crippen molar-refractivity contribution in [2.75, 3.05) is 5.32 Å². The molecule has 2 heterocycles. The van der Waals surface area contributed by atoms with E-state index in [1.54, 1.807) is 19.1 Å². The van der Waals surface area contributed by atoms with Gasteiger partial charge in [-0.2, -0.15) is 4.98 Å². The molecule has 10 heteroatoms. The highest BCUT2D eigenvalue weighted by Crippen LogP contribution is 2.40. The average Bonchev–Trinajstić information content (AvgIpc) is 3.42. The van der Waals surface area contributed by atoms with E-state index < -0.39 is 10.0 Å². The van der Waals surface area contributed by atoms with Crippen molar-refractivity contribution in [3.05, 3.63) is 46.6 Å². The molecule has 1 aliphatic carbocycles. The Labute approximate surface area is 185 Å². The van der Waals surface area contributed by atoms with E-state index in [-0.39, 0.29) is 22.1 Å². The molecule has 3 N–H and O–H groups in total. The third-order valence-corrected chi connectivity index (χ3v) is 5.88. The molecule has 0 amide bonds. The highest BCUT2D eigenvalue weighted by atomic mass is 35.5. The van der Waals surface area contributed by atoms with Gasteiger partial charge in [-0.25, -0.2) is 23.5 Å². The number of primary sulfonamides is 1. The predicted molar refractivity (Wildman–Crippen MR) is 118 cm³/mol. The maximum Gasteiger partial charge on any atom is 0.246 e. The van der Waals surface area contributed by atoms with E-state index in [4.69, 9.17) is 21.5 Å². The molecule has 1 saturated carbocycles. The van der Waals surface area contributed by atoms with Crippen LogP contribution in [0.2, 0.25) is 5.02 Å². The van der Waals surface area contributed by atoms with Crippen molar-refractivity contribution >= 4 is 38.6 Å². The summed E-state index contributed by atoms with van der Waals surface area (Å²) in [6.45, 7) is 4.00. The van der Waals surface area contributed by atoms with Crippen molar-refractivity contribution in [2.24, 2.45) is 5.14 Å². The number of sulfonamides is 1. The average molecular weight is 458 g/mol. The molecular weight excluding hydrogens is 438 g/mol. The topological polar surface area (TPSA) is 120 Å². The van der Waals surface area contributed by atoms with Crippen LogP contribution in [-0.4, -0.2) is 29.0 Å². The van der Waals surface area contributed by atoms with Gasteiger partial charge in [0.15, 0.2) is 5.52 Å². The number of pyridine rings is 1. The lowest BCUT2D eigenvalue weighted by Crippen LogP contribution is -2.15. The van der Waals surface area contributed by atoms with Crippen LogP contribution in [0, 0.1) is 11.8 Å². The fraction of sp³-hybridized carbons (Fsp3) is 0.286. The Morgan fingerprint density at radius 1 is 1.23 bits per heavy atom. The van der Waals surface area contributed by atoms with Crippen LogP contribution in [-0.2, 0) is 16.6 Å². The number of fused-ring (bicyclic) bond motifs is 1. The highest BCUT2D eigenvalue weighted by molar-refractivity contribution is 7.89. The van der Waals surface area contributed by atoms with E-state index in [0.29, 0.717) is 34.1 Å². The SMILES string of the molecule is CC#Cc1ccc2nc(NCc3cc(Cl)cc(S(N)(=O)=O)c3)nc(OC3(C)CC3)c2n1. The number of nitrogens with one attached hydrogen (secondary N) is 1. The van der Waals surface area contributed by atoms with E-state index in [2.05, 4.69) is 32.1 Å². The number of hydrogen-bond acceptors (Lipinski definition) is 7. The van der Waals surface area contributed by atoms with Crippen LogP contribution in [0.5, 0.6) is 5.88 Å². The van der Waals surface area contributed by atoms with Crippen LogP contribution in [0.4, 0.5) is 5.95 Å². The molecule has 3 aromatic rings. The quantitative estimate of drug-likeness (QED) is 0.545.